The summed E-state index contributed by atoms with van der Waals surface area (Å²) in [5.41, 5.74) is 2.27. The summed E-state index contributed by atoms with van der Waals surface area (Å²) in [4.78, 5) is 12.4. The van der Waals surface area contributed by atoms with Crippen LogP contribution in [0, 0.1) is 5.82 Å². The van der Waals surface area contributed by atoms with E-state index in [1.165, 1.54) is 23.9 Å². The second-order valence-electron chi connectivity index (χ2n) is 7.23. The number of nitrogens with zero attached hydrogens (tertiary/aromatic N) is 3. The molecule has 2 N–H and O–H groups in total. The lowest BCUT2D eigenvalue weighted by atomic mass is 10.2. The molecule has 0 aliphatic heterocycles. The number of carbonyl (C=O) groups is 1. The summed E-state index contributed by atoms with van der Waals surface area (Å²) in [7, 11) is 0. The lowest BCUT2D eigenvalue weighted by Crippen LogP contribution is -2.16. The molecule has 0 saturated carbocycles. The van der Waals surface area contributed by atoms with Gasteiger partial charge in [-0.3, -0.25) is 9.36 Å². The molecule has 6 nitrogen and oxygen atoms in total. The van der Waals surface area contributed by atoms with E-state index in [1.807, 2.05) is 66.1 Å². The van der Waals surface area contributed by atoms with Crippen LogP contribution >= 0.6 is 27.7 Å². The Kier molecular flexibility index (Phi) is 7.41. The molecule has 1 aromatic heterocycles. The van der Waals surface area contributed by atoms with Crippen LogP contribution in [0.3, 0.4) is 0 Å². The van der Waals surface area contributed by atoms with E-state index < -0.39 is 5.82 Å². The number of carbonyl (C=O) groups excluding carboxylic acids is 1. The van der Waals surface area contributed by atoms with E-state index in [9.17, 15) is 9.18 Å². The van der Waals surface area contributed by atoms with Crippen molar-refractivity contribution in [2.45, 2.75) is 18.1 Å². The van der Waals surface area contributed by atoms with E-state index in [4.69, 9.17) is 0 Å². The first-order chi connectivity index (χ1) is 16.0. The van der Waals surface area contributed by atoms with Gasteiger partial charge in [0.05, 0.1) is 11.8 Å². The van der Waals surface area contributed by atoms with E-state index in [1.54, 1.807) is 12.1 Å². The average Bonchev–Trinajstić information content (AvgIpc) is 3.24. The Hall–Kier alpha value is -3.17. The summed E-state index contributed by atoms with van der Waals surface area (Å²) < 4.78 is 16.3. The van der Waals surface area contributed by atoms with Crippen LogP contribution in [0.2, 0.25) is 0 Å². The number of amides is 1. The van der Waals surface area contributed by atoms with Gasteiger partial charge in [-0.25, -0.2) is 4.39 Å². The zero-order valence-corrected chi connectivity index (χ0v) is 20.1. The van der Waals surface area contributed by atoms with E-state index >= 15 is 0 Å². The van der Waals surface area contributed by atoms with Gasteiger partial charge < -0.3 is 10.6 Å². The minimum atomic E-state index is -0.402. The molecule has 0 bridgehead atoms. The van der Waals surface area contributed by atoms with Gasteiger partial charge >= 0.3 is 0 Å². The summed E-state index contributed by atoms with van der Waals surface area (Å²) >= 11 is 4.72. The monoisotopic (exact) mass is 525 g/mol. The van der Waals surface area contributed by atoms with E-state index in [0.29, 0.717) is 10.8 Å². The first-order valence-corrected chi connectivity index (χ1v) is 12.0. The number of nitrogens with one attached hydrogen (secondary N) is 2. The fourth-order valence-corrected chi connectivity index (χ4v) is 4.25. The Balaban J connectivity index is 1.53. The number of halogens is 2. The van der Waals surface area contributed by atoms with Crippen molar-refractivity contribution >= 4 is 45.0 Å². The molecular formula is C24H21BrFN5OS. The Morgan fingerprint density at radius 1 is 1.03 bits per heavy atom. The summed E-state index contributed by atoms with van der Waals surface area (Å²) in [5.74, 6) is 0.171. The SMILES string of the molecule is C[C@H](Nc1ccc(Br)cc1)c1nnc(SCC(=O)Nc2cccc(F)c2)n1-c1ccccc1. The fourth-order valence-electron chi connectivity index (χ4n) is 3.23. The van der Waals surface area contributed by atoms with Crippen molar-refractivity contribution in [2.75, 3.05) is 16.4 Å². The van der Waals surface area contributed by atoms with Crippen LogP contribution in [-0.4, -0.2) is 26.4 Å². The third-order valence-electron chi connectivity index (χ3n) is 4.73. The highest BCUT2D eigenvalue weighted by Gasteiger charge is 2.20. The normalized spacial score (nSPS) is 11.7. The quantitative estimate of drug-likeness (QED) is 0.273. The molecular weight excluding hydrogens is 505 g/mol. The highest BCUT2D eigenvalue weighted by atomic mass is 79.9. The maximum absolute atomic E-state index is 13.4. The Morgan fingerprint density at radius 3 is 2.52 bits per heavy atom. The molecule has 3 aromatic carbocycles. The predicted octanol–water partition coefficient (Wildman–Crippen LogP) is 6.07. The topological polar surface area (TPSA) is 71.8 Å². The first kappa shape index (κ1) is 23.0. The van der Waals surface area contributed by atoms with Gasteiger partial charge in [0.15, 0.2) is 11.0 Å². The third kappa shape index (κ3) is 6.00. The minimum absolute atomic E-state index is 0.107. The third-order valence-corrected chi connectivity index (χ3v) is 6.19. The first-order valence-electron chi connectivity index (χ1n) is 10.2. The second-order valence-corrected chi connectivity index (χ2v) is 9.09. The van der Waals surface area contributed by atoms with Crippen molar-refractivity contribution in [3.8, 4) is 5.69 Å². The van der Waals surface area contributed by atoms with Gasteiger partial charge in [-0.2, -0.15) is 0 Å². The maximum Gasteiger partial charge on any atom is 0.234 e. The molecule has 0 radical (unpaired) electrons. The van der Waals surface area contributed by atoms with Crippen molar-refractivity contribution in [1.82, 2.24) is 14.8 Å². The summed E-state index contributed by atoms with van der Waals surface area (Å²) in [5, 5.41) is 15.5. The van der Waals surface area contributed by atoms with Crippen molar-refractivity contribution in [1.29, 1.82) is 0 Å². The summed E-state index contributed by atoms with van der Waals surface area (Å²) in [6.45, 7) is 2.01. The number of hydrogen-bond acceptors (Lipinski definition) is 5. The van der Waals surface area contributed by atoms with Crippen molar-refractivity contribution in [3.63, 3.8) is 0 Å². The van der Waals surface area contributed by atoms with E-state index in [2.05, 4.69) is 36.8 Å². The van der Waals surface area contributed by atoms with E-state index in [-0.39, 0.29) is 17.7 Å². The zero-order chi connectivity index (χ0) is 23.2. The number of hydrogen-bond donors (Lipinski definition) is 2. The summed E-state index contributed by atoms with van der Waals surface area (Å²) in [6.07, 6.45) is 0. The lowest BCUT2D eigenvalue weighted by Gasteiger charge is -2.17. The molecule has 0 spiro atoms. The van der Waals surface area contributed by atoms with Gasteiger partial charge in [-0.1, -0.05) is 52.0 Å². The number of anilines is 2. The molecule has 168 valence electrons. The molecule has 4 rings (SSSR count). The van der Waals surface area contributed by atoms with Crippen molar-refractivity contribution in [2.24, 2.45) is 0 Å². The van der Waals surface area contributed by atoms with Crippen LogP contribution in [-0.2, 0) is 4.79 Å². The highest BCUT2D eigenvalue weighted by Crippen LogP contribution is 2.27. The minimum Gasteiger partial charge on any atom is -0.375 e. The maximum atomic E-state index is 13.4. The Bertz CT molecular complexity index is 1230. The molecule has 33 heavy (non-hydrogen) atoms. The molecule has 0 saturated heterocycles. The van der Waals surface area contributed by atoms with Crippen molar-refractivity contribution in [3.05, 3.63) is 95.0 Å². The molecule has 4 aromatic rings. The van der Waals surface area contributed by atoms with Gasteiger partial charge in [-0.15, -0.1) is 10.2 Å². The zero-order valence-electron chi connectivity index (χ0n) is 17.7. The van der Waals surface area contributed by atoms with Gasteiger partial charge in [0.1, 0.15) is 5.82 Å². The molecule has 0 aliphatic carbocycles. The lowest BCUT2D eigenvalue weighted by molar-refractivity contribution is -0.113. The molecule has 0 fully saturated rings. The molecule has 9 heteroatoms. The molecule has 0 aliphatic rings. The van der Waals surface area contributed by atoms with Gasteiger partial charge in [0.2, 0.25) is 5.91 Å². The fraction of sp³-hybridized carbons (Fsp3) is 0.125. The number of para-hydroxylation sites is 1. The number of aromatic nitrogens is 3. The van der Waals surface area contributed by atoms with Crippen molar-refractivity contribution < 1.29 is 9.18 Å². The standard InChI is InChI=1S/C24H21BrFN5OS/c1-16(27-19-12-10-17(25)11-13-19)23-29-30-24(31(23)21-8-3-2-4-9-21)33-15-22(32)28-20-7-5-6-18(26)14-20/h2-14,16,27H,15H2,1H3,(H,28,32)/t16-/m0/s1. The van der Waals surface area contributed by atoms with Crippen LogP contribution in [0.1, 0.15) is 18.8 Å². The van der Waals surface area contributed by atoms with Gasteiger partial charge in [0, 0.05) is 21.5 Å². The average molecular weight is 526 g/mol. The Labute approximate surface area is 203 Å². The van der Waals surface area contributed by atoms with Crippen LogP contribution in [0.4, 0.5) is 15.8 Å². The van der Waals surface area contributed by atoms with Crippen LogP contribution < -0.4 is 10.6 Å². The molecule has 1 atom stereocenters. The van der Waals surface area contributed by atoms with Crippen LogP contribution in [0.25, 0.3) is 5.69 Å². The molecule has 1 amide bonds. The highest BCUT2D eigenvalue weighted by molar-refractivity contribution is 9.10. The molecule has 0 unspecified atom stereocenters. The second kappa shape index (κ2) is 10.6. The van der Waals surface area contributed by atoms with E-state index in [0.717, 1.165) is 21.7 Å². The summed E-state index contributed by atoms with van der Waals surface area (Å²) in [6, 6.07) is 23.3. The molecule has 1 heterocycles. The smallest absolute Gasteiger partial charge is 0.234 e. The van der Waals surface area contributed by atoms with Crippen LogP contribution in [0.5, 0.6) is 0 Å². The van der Waals surface area contributed by atoms with Crippen LogP contribution in [0.15, 0.2) is 88.5 Å². The number of benzene rings is 3. The number of rotatable bonds is 8. The number of thioether (sulfide) groups is 1. The predicted molar refractivity (Wildman–Crippen MR) is 133 cm³/mol. The van der Waals surface area contributed by atoms with Gasteiger partial charge in [0.25, 0.3) is 0 Å². The Morgan fingerprint density at radius 2 is 1.79 bits per heavy atom. The largest absolute Gasteiger partial charge is 0.375 e. The van der Waals surface area contributed by atoms with Gasteiger partial charge in [-0.05, 0) is 61.5 Å².